The lowest BCUT2D eigenvalue weighted by Gasteiger charge is -2.55. The quantitative estimate of drug-likeness (QED) is 0.199. The number of nitrogens with zero attached hydrogens (tertiary/aromatic N) is 2. The number of aromatic nitrogens is 1. The fraction of sp³-hybridized carbons (Fsp3) is 0.500. The third-order valence-electron chi connectivity index (χ3n) is 11.1. The first-order valence-electron chi connectivity index (χ1n) is 16.7. The molecule has 2 aliphatic heterocycles. The zero-order chi connectivity index (χ0) is 32.8. The van der Waals surface area contributed by atoms with Gasteiger partial charge < -0.3 is 25.2 Å². The Morgan fingerprint density at radius 1 is 0.848 bits per heavy atom. The maximum absolute atomic E-state index is 13.1. The minimum absolute atomic E-state index is 0.0301. The lowest BCUT2D eigenvalue weighted by atomic mass is 9.52. The van der Waals surface area contributed by atoms with Crippen LogP contribution in [0.1, 0.15) is 75.6 Å². The Bertz CT molecular complexity index is 1390. The van der Waals surface area contributed by atoms with E-state index in [0.717, 1.165) is 38.9 Å². The molecule has 1 aromatic heterocycles. The van der Waals surface area contributed by atoms with Gasteiger partial charge in [0.2, 0.25) is 0 Å². The number of piperidine rings is 2. The predicted octanol–water partition coefficient (Wildman–Crippen LogP) is 5.98. The highest BCUT2D eigenvalue weighted by Gasteiger charge is 2.65. The Morgan fingerprint density at radius 3 is 1.98 bits per heavy atom. The zero-order valence-electron chi connectivity index (χ0n) is 27.4. The molecule has 3 N–H and O–H groups in total. The van der Waals surface area contributed by atoms with Crippen molar-refractivity contribution in [2.45, 2.75) is 76.3 Å². The van der Waals surface area contributed by atoms with Gasteiger partial charge in [-0.3, -0.25) is 14.6 Å². The number of pyridine rings is 1. The fourth-order valence-electron chi connectivity index (χ4n) is 8.31. The van der Waals surface area contributed by atoms with Crippen LogP contribution in [-0.4, -0.2) is 77.0 Å². The summed E-state index contributed by atoms with van der Waals surface area (Å²) in [5.41, 5.74) is 0.564. The topological polar surface area (TPSA) is 112 Å². The molecule has 2 aromatic carbocycles. The molecule has 2 fully saturated rings. The third kappa shape index (κ3) is 6.35. The highest BCUT2D eigenvalue weighted by atomic mass is 16.5. The van der Waals surface area contributed by atoms with Gasteiger partial charge in [-0.25, -0.2) is 0 Å². The SMILES string of the molecule is CC1N[C@H](C)C(C)(C(=O)O)C(c2ccccn2)C1(CCCOCCCN1CCC(c2ccccc2)(c2ccccc2)CC1)C(=O)O. The van der Waals surface area contributed by atoms with Crippen molar-refractivity contribution in [2.75, 3.05) is 32.8 Å². The van der Waals surface area contributed by atoms with E-state index in [2.05, 4.69) is 75.9 Å². The van der Waals surface area contributed by atoms with Gasteiger partial charge in [0.25, 0.3) is 0 Å². The monoisotopic (exact) mass is 627 g/mol. The minimum Gasteiger partial charge on any atom is -0.481 e. The molecule has 246 valence electrons. The van der Waals surface area contributed by atoms with Crippen molar-refractivity contribution in [2.24, 2.45) is 10.8 Å². The van der Waals surface area contributed by atoms with Crippen molar-refractivity contribution in [3.05, 3.63) is 102 Å². The Labute approximate surface area is 273 Å². The lowest BCUT2D eigenvalue weighted by Crippen LogP contribution is -2.68. The molecule has 4 unspecified atom stereocenters. The summed E-state index contributed by atoms with van der Waals surface area (Å²) < 4.78 is 6.04. The molecule has 3 heterocycles. The number of likely N-dealkylation sites (tertiary alicyclic amines) is 1. The third-order valence-corrected chi connectivity index (χ3v) is 11.1. The maximum Gasteiger partial charge on any atom is 0.311 e. The van der Waals surface area contributed by atoms with Crippen molar-refractivity contribution in [3.63, 3.8) is 0 Å². The molecule has 0 aliphatic carbocycles. The predicted molar refractivity (Wildman–Crippen MR) is 179 cm³/mol. The van der Waals surface area contributed by atoms with Crippen molar-refractivity contribution in [3.8, 4) is 0 Å². The summed E-state index contributed by atoms with van der Waals surface area (Å²) in [5, 5.41) is 24.5. The average molecular weight is 628 g/mol. The van der Waals surface area contributed by atoms with Gasteiger partial charge in [-0.15, -0.1) is 0 Å². The molecule has 46 heavy (non-hydrogen) atoms. The molecule has 0 amide bonds. The smallest absolute Gasteiger partial charge is 0.311 e. The number of carboxylic acids is 2. The van der Waals surface area contributed by atoms with Gasteiger partial charge in [-0.1, -0.05) is 66.7 Å². The lowest BCUT2D eigenvalue weighted by molar-refractivity contribution is -0.172. The van der Waals surface area contributed by atoms with E-state index in [1.165, 1.54) is 11.1 Å². The van der Waals surface area contributed by atoms with E-state index in [1.54, 1.807) is 31.3 Å². The summed E-state index contributed by atoms with van der Waals surface area (Å²) in [7, 11) is 0. The minimum atomic E-state index is -1.37. The Balaban J connectivity index is 1.16. The molecule has 8 nitrogen and oxygen atoms in total. The van der Waals surface area contributed by atoms with Crippen LogP contribution in [0, 0.1) is 10.8 Å². The van der Waals surface area contributed by atoms with Crippen LogP contribution in [0.25, 0.3) is 0 Å². The summed E-state index contributed by atoms with van der Waals surface area (Å²) in [6.07, 6.45) is 5.42. The molecule has 0 spiro atoms. The van der Waals surface area contributed by atoms with Gasteiger partial charge in [-0.05, 0) is 89.2 Å². The Kier molecular flexibility index (Phi) is 10.6. The first kappa shape index (κ1) is 33.8. The van der Waals surface area contributed by atoms with Gasteiger partial charge in [0.1, 0.15) is 0 Å². The van der Waals surface area contributed by atoms with Crippen LogP contribution in [0.4, 0.5) is 0 Å². The maximum atomic E-state index is 13.1. The second kappa shape index (κ2) is 14.4. The molecule has 3 aromatic rings. The number of ether oxygens (including phenoxy) is 1. The van der Waals surface area contributed by atoms with Crippen molar-refractivity contribution < 1.29 is 24.5 Å². The molecule has 5 rings (SSSR count). The molecule has 8 heteroatoms. The standard InChI is InChI=1S/C38H49N3O5/c1-28-36(3,34(42)43)33(32-18-10-11-22-39-32)38(35(44)45,29(2)40-28)19-12-26-46-27-13-23-41-24-20-37(21-25-41,30-14-6-4-7-15-30)31-16-8-5-9-17-31/h4-11,14-18,22,28-29,33,40H,12-13,19-21,23-27H2,1-3H3,(H,42,43)(H,44,45)/t28-,29?,33?,36?,38?/m1/s1. The fourth-order valence-corrected chi connectivity index (χ4v) is 8.31. The molecular formula is C38H49N3O5. The molecular weight excluding hydrogens is 578 g/mol. The van der Waals surface area contributed by atoms with E-state index in [9.17, 15) is 19.8 Å². The second-order valence-electron chi connectivity index (χ2n) is 13.5. The van der Waals surface area contributed by atoms with Gasteiger partial charge in [0.05, 0.1) is 10.8 Å². The van der Waals surface area contributed by atoms with Crippen molar-refractivity contribution in [1.29, 1.82) is 0 Å². The number of benzene rings is 2. The molecule has 2 saturated heterocycles. The average Bonchev–Trinajstić information content (AvgIpc) is 3.07. The van der Waals surface area contributed by atoms with E-state index >= 15 is 0 Å². The van der Waals surface area contributed by atoms with Gasteiger partial charge in [0, 0.05) is 55.1 Å². The van der Waals surface area contributed by atoms with Gasteiger partial charge >= 0.3 is 11.9 Å². The van der Waals surface area contributed by atoms with Crippen LogP contribution in [0.2, 0.25) is 0 Å². The zero-order valence-corrected chi connectivity index (χ0v) is 27.4. The number of nitrogens with one attached hydrogen (secondary N) is 1. The van der Waals surface area contributed by atoms with Gasteiger partial charge in [-0.2, -0.15) is 0 Å². The van der Waals surface area contributed by atoms with Crippen molar-refractivity contribution >= 4 is 11.9 Å². The normalized spacial score (nSPS) is 28.0. The number of aliphatic carboxylic acids is 2. The Morgan fingerprint density at radius 2 is 1.43 bits per heavy atom. The first-order valence-corrected chi connectivity index (χ1v) is 16.7. The molecule has 2 aliphatic rings. The highest BCUT2D eigenvalue weighted by molar-refractivity contribution is 5.83. The van der Waals surface area contributed by atoms with Crippen molar-refractivity contribution in [1.82, 2.24) is 15.2 Å². The number of hydrogen-bond donors (Lipinski definition) is 3. The van der Waals surface area contributed by atoms with Crippen LogP contribution < -0.4 is 5.32 Å². The number of carboxylic acid groups (broad SMARTS) is 2. The number of hydrogen-bond acceptors (Lipinski definition) is 6. The van der Waals surface area contributed by atoms with E-state index in [4.69, 9.17) is 4.74 Å². The summed E-state index contributed by atoms with van der Waals surface area (Å²) >= 11 is 0. The summed E-state index contributed by atoms with van der Waals surface area (Å²) in [5.74, 6) is -2.85. The van der Waals surface area contributed by atoms with E-state index in [1.807, 2.05) is 13.8 Å². The molecule has 0 saturated carbocycles. The highest BCUT2D eigenvalue weighted by Crippen LogP contribution is 2.56. The van der Waals surface area contributed by atoms with Crippen LogP contribution in [0.5, 0.6) is 0 Å². The van der Waals surface area contributed by atoms with E-state index in [-0.39, 0.29) is 11.8 Å². The second-order valence-corrected chi connectivity index (χ2v) is 13.5. The van der Waals surface area contributed by atoms with E-state index < -0.39 is 40.8 Å². The van der Waals surface area contributed by atoms with Crippen LogP contribution in [0.15, 0.2) is 85.1 Å². The molecule has 0 radical (unpaired) electrons. The van der Waals surface area contributed by atoms with Crippen LogP contribution >= 0.6 is 0 Å². The van der Waals surface area contributed by atoms with Crippen LogP contribution in [-0.2, 0) is 19.7 Å². The van der Waals surface area contributed by atoms with Crippen LogP contribution in [0.3, 0.4) is 0 Å². The molecule has 5 atom stereocenters. The van der Waals surface area contributed by atoms with Gasteiger partial charge in [0.15, 0.2) is 0 Å². The Hall–Kier alpha value is -3.59. The summed E-state index contributed by atoms with van der Waals surface area (Å²) in [4.78, 5) is 32.9. The number of carbonyl (C=O) groups is 2. The largest absolute Gasteiger partial charge is 0.481 e. The summed E-state index contributed by atoms with van der Waals surface area (Å²) in [6, 6.07) is 26.2. The summed E-state index contributed by atoms with van der Waals surface area (Å²) in [6.45, 7) is 9.33. The number of rotatable bonds is 13. The van der Waals surface area contributed by atoms with E-state index in [0.29, 0.717) is 25.3 Å². The molecule has 0 bridgehead atoms. The first-order chi connectivity index (χ1) is 22.2.